The van der Waals surface area contributed by atoms with Crippen LogP contribution in [0.2, 0.25) is 0 Å². The van der Waals surface area contributed by atoms with Gasteiger partial charge in [-0.25, -0.2) is 0 Å². The summed E-state index contributed by atoms with van der Waals surface area (Å²) in [6.45, 7) is 6.81. The normalized spacial score (nSPS) is 14.1. The van der Waals surface area contributed by atoms with Crippen molar-refractivity contribution < 1.29 is 19.1 Å². The molecular formula is C19H24N4O4. The number of carbonyl (C=O) groups is 2. The van der Waals surface area contributed by atoms with Crippen molar-refractivity contribution in [3.8, 4) is 5.75 Å². The highest BCUT2D eigenvalue weighted by molar-refractivity contribution is 6.04. The molecule has 2 heterocycles. The van der Waals surface area contributed by atoms with Crippen molar-refractivity contribution in [2.24, 2.45) is 0 Å². The van der Waals surface area contributed by atoms with Gasteiger partial charge < -0.3 is 19.7 Å². The molecule has 8 heteroatoms. The van der Waals surface area contributed by atoms with Gasteiger partial charge in [0.05, 0.1) is 24.5 Å². The first-order valence-corrected chi connectivity index (χ1v) is 9.00. The van der Waals surface area contributed by atoms with Crippen molar-refractivity contribution in [3.63, 3.8) is 0 Å². The molecule has 0 saturated carbocycles. The minimum absolute atomic E-state index is 0.0128. The van der Waals surface area contributed by atoms with Crippen LogP contribution in [0.1, 0.15) is 23.0 Å². The second kappa shape index (κ2) is 8.68. The molecule has 2 aromatic rings. The molecule has 3 rings (SSSR count). The van der Waals surface area contributed by atoms with Crippen LogP contribution in [0, 0.1) is 6.92 Å². The molecule has 1 aromatic carbocycles. The highest BCUT2D eigenvalue weighted by atomic mass is 16.5. The third-order valence-electron chi connectivity index (χ3n) is 4.35. The largest absolute Gasteiger partial charge is 0.484 e. The van der Waals surface area contributed by atoms with E-state index in [1.165, 1.54) is 0 Å². The lowest BCUT2D eigenvalue weighted by molar-refractivity contribution is -0.137. The minimum atomic E-state index is -0.205. The number of rotatable bonds is 6. The molecule has 1 N–H and O–H groups in total. The molecule has 0 radical (unpaired) electrons. The summed E-state index contributed by atoms with van der Waals surface area (Å²) >= 11 is 0. The van der Waals surface area contributed by atoms with Crippen LogP contribution in [-0.4, -0.2) is 59.4 Å². The predicted molar refractivity (Wildman–Crippen MR) is 99.9 cm³/mol. The molecule has 27 heavy (non-hydrogen) atoms. The molecule has 1 saturated heterocycles. The van der Waals surface area contributed by atoms with E-state index >= 15 is 0 Å². The maximum Gasteiger partial charge on any atom is 0.260 e. The first-order valence-electron chi connectivity index (χ1n) is 9.00. The summed E-state index contributed by atoms with van der Waals surface area (Å²) in [5.74, 6) is 0.312. The number of aromatic nitrogens is 2. The zero-order valence-corrected chi connectivity index (χ0v) is 15.6. The van der Waals surface area contributed by atoms with Crippen LogP contribution in [-0.2, 0) is 16.1 Å². The van der Waals surface area contributed by atoms with Crippen LogP contribution in [0.5, 0.6) is 5.75 Å². The van der Waals surface area contributed by atoms with E-state index in [1.54, 1.807) is 40.0 Å². The van der Waals surface area contributed by atoms with Gasteiger partial charge in [0.15, 0.2) is 6.61 Å². The van der Waals surface area contributed by atoms with Gasteiger partial charge in [0.2, 0.25) is 0 Å². The van der Waals surface area contributed by atoms with E-state index < -0.39 is 0 Å². The van der Waals surface area contributed by atoms with Crippen molar-refractivity contribution in [2.45, 2.75) is 20.4 Å². The monoisotopic (exact) mass is 372 g/mol. The number of carbonyl (C=O) groups excluding carboxylic acids is 2. The molecule has 0 atom stereocenters. The summed E-state index contributed by atoms with van der Waals surface area (Å²) in [5, 5.41) is 7.12. The van der Waals surface area contributed by atoms with Crippen LogP contribution in [0.25, 0.3) is 0 Å². The molecule has 1 aliphatic heterocycles. The highest BCUT2D eigenvalue weighted by Gasteiger charge is 2.17. The van der Waals surface area contributed by atoms with Crippen molar-refractivity contribution in [3.05, 3.63) is 41.7 Å². The van der Waals surface area contributed by atoms with E-state index in [2.05, 4.69) is 10.4 Å². The van der Waals surface area contributed by atoms with Crippen LogP contribution < -0.4 is 10.1 Å². The topological polar surface area (TPSA) is 85.7 Å². The molecule has 8 nitrogen and oxygen atoms in total. The summed E-state index contributed by atoms with van der Waals surface area (Å²) in [7, 11) is 0. The summed E-state index contributed by atoms with van der Waals surface area (Å²) < 4.78 is 12.5. The van der Waals surface area contributed by atoms with Gasteiger partial charge in [0.25, 0.3) is 11.8 Å². The number of aryl methyl sites for hydroxylation is 2. The number of nitrogens with one attached hydrogen (secondary N) is 1. The van der Waals surface area contributed by atoms with Crippen molar-refractivity contribution in [2.75, 3.05) is 38.2 Å². The summed E-state index contributed by atoms with van der Waals surface area (Å²) in [6.07, 6.45) is 1.74. The first kappa shape index (κ1) is 18.9. The first-order chi connectivity index (χ1) is 13.1. The number of morpholine rings is 1. The average Bonchev–Trinajstić information content (AvgIpc) is 3.09. The Morgan fingerprint density at radius 3 is 2.56 bits per heavy atom. The second-order valence-corrected chi connectivity index (χ2v) is 6.24. The van der Waals surface area contributed by atoms with Gasteiger partial charge in [0.1, 0.15) is 5.75 Å². The summed E-state index contributed by atoms with van der Waals surface area (Å²) in [4.78, 5) is 26.2. The second-order valence-electron chi connectivity index (χ2n) is 6.24. The van der Waals surface area contributed by atoms with E-state index in [0.29, 0.717) is 55.5 Å². The maximum atomic E-state index is 12.4. The molecule has 1 aliphatic rings. The highest BCUT2D eigenvalue weighted by Crippen LogP contribution is 2.17. The van der Waals surface area contributed by atoms with Gasteiger partial charge in [-0.15, -0.1) is 0 Å². The lowest BCUT2D eigenvalue weighted by Crippen LogP contribution is -2.42. The van der Waals surface area contributed by atoms with Crippen LogP contribution >= 0.6 is 0 Å². The molecule has 0 unspecified atom stereocenters. The molecule has 144 valence electrons. The number of hydrogen-bond acceptors (Lipinski definition) is 5. The number of amides is 2. The van der Waals surface area contributed by atoms with Crippen LogP contribution in [0.3, 0.4) is 0 Å². The van der Waals surface area contributed by atoms with E-state index in [-0.39, 0.29) is 18.4 Å². The van der Waals surface area contributed by atoms with Gasteiger partial charge in [-0.1, -0.05) is 0 Å². The molecular weight excluding hydrogens is 348 g/mol. The van der Waals surface area contributed by atoms with Crippen molar-refractivity contribution in [1.82, 2.24) is 14.7 Å². The molecule has 1 aromatic heterocycles. The Kier molecular flexibility index (Phi) is 6.08. The Hall–Kier alpha value is -2.87. The fraction of sp³-hybridized carbons (Fsp3) is 0.421. The van der Waals surface area contributed by atoms with E-state index in [9.17, 15) is 9.59 Å². The zero-order valence-electron chi connectivity index (χ0n) is 15.6. The number of nitrogens with zero attached hydrogens (tertiary/aromatic N) is 3. The third-order valence-corrected chi connectivity index (χ3v) is 4.35. The summed E-state index contributed by atoms with van der Waals surface area (Å²) in [5.41, 5.74) is 1.89. The Bertz CT molecular complexity index is 795. The SMILES string of the molecule is CCn1cc(C(=O)Nc2ccc(OCC(=O)N3CCOCC3)cc2)c(C)n1. The quantitative estimate of drug-likeness (QED) is 0.834. The fourth-order valence-electron chi connectivity index (χ4n) is 2.78. The zero-order chi connectivity index (χ0) is 19.2. The van der Waals surface area contributed by atoms with Gasteiger partial charge in [-0.3, -0.25) is 14.3 Å². The summed E-state index contributed by atoms with van der Waals surface area (Å²) in [6, 6.07) is 6.94. The Labute approximate surface area is 158 Å². The number of hydrogen-bond donors (Lipinski definition) is 1. The molecule has 2 amide bonds. The molecule has 0 bridgehead atoms. The minimum Gasteiger partial charge on any atom is -0.484 e. The molecule has 0 aliphatic carbocycles. The third kappa shape index (κ3) is 4.85. The lowest BCUT2D eigenvalue weighted by atomic mass is 10.2. The van der Waals surface area contributed by atoms with Gasteiger partial charge in [-0.2, -0.15) is 5.10 Å². The average molecular weight is 372 g/mol. The van der Waals surface area contributed by atoms with Gasteiger partial charge in [0, 0.05) is 31.5 Å². The maximum absolute atomic E-state index is 12.4. The standard InChI is InChI=1S/C19H24N4O4/c1-3-23-12-17(14(2)21-23)19(25)20-15-4-6-16(7-5-15)27-13-18(24)22-8-10-26-11-9-22/h4-7,12H,3,8-11,13H2,1-2H3,(H,20,25). The Balaban J connectivity index is 1.53. The number of benzene rings is 1. The van der Waals surface area contributed by atoms with Gasteiger partial charge in [-0.05, 0) is 38.1 Å². The van der Waals surface area contributed by atoms with Crippen LogP contribution in [0.15, 0.2) is 30.5 Å². The van der Waals surface area contributed by atoms with E-state index in [1.807, 2.05) is 13.8 Å². The van der Waals surface area contributed by atoms with E-state index in [4.69, 9.17) is 9.47 Å². The van der Waals surface area contributed by atoms with Crippen molar-refractivity contribution in [1.29, 1.82) is 0 Å². The Morgan fingerprint density at radius 1 is 1.22 bits per heavy atom. The molecule has 0 spiro atoms. The number of ether oxygens (including phenoxy) is 2. The lowest BCUT2D eigenvalue weighted by Gasteiger charge is -2.26. The molecule has 1 fully saturated rings. The van der Waals surface area contributed by atoms with E-state index in [0.717, 1.165) is 0 Å². The van der Waals surface area contributed by atoms with Crippen LogP contribution in [0.4, 0.5) is 5.69 Å². The number of anilines is 1. The fourth-order valence-corrected chi connectivity index (χ4v) is 2.78. The van der Waals surface area contributed by atoms with Gasteiger partial charge >= 0.3 is 0 Å². The predicted octanol–water partition coefficient (Wildman–Crippen LogP) is 1.70. The smallest absolute Gasteiger partial charge is 0.260 e. The van der Waals surface area contributed by atoms with Crippen molar-refractivity contribution >= 4 is 17.5 Å². The Morgan fingerprint density at radius 2 is 1.93 bits per heavy atom.